The molecule has 0 spiro atoms. The molecule has 40 heavy (non-hydrogen) atoms. The van der Waals surface area contributed by atoms with E-state index in [1.54, 1.807) is 18.2 Å². The van der Waals surface area contributed by atoms with Crippen molar-refractivity contribution in [3.05, 3.63) is 104 Å². The molecular formula is C31H29N5O4. The second-order valence-electron chi connectivity index (χ2n) is 11.8. The number of nitrogens with one attached hydrogen (secondary N) is 1. The number of carbonyl (C=O) groups excluding carboxylic acids is 1. The monoisotopic (exact) mass is 535 g/mol. The van der Waals surface area contributed by atoms with Crippen molar-refractivity contribution < 1.29 is 9.72 Å². The number of pyridine rings is 1. The van der Waals surface area contributed by atoms with Crippen LogP contribution in [-0.2, 0) is 30.7 Å². The van der Waals surface area contributed by atoms with Crippen LogP contribution < -0.4 is 10.5 Å². The first-order valence-electron chi connectivity index (χ1n) is 14.1. The topological polar surface area (TPSA) is 104 Å². The summed E-state index contributed by atoms with van der Waals surface area (Å²) in [4.78, 5) is 46.4. The number of H-pyrrole nitrogens is 1. The smallest absolute Gasteiger partial charge is 0.269 e. The molecule has 9 nitrogen and oxygen atoms in total. The maximum absolute atomic E-state index is 14.5. The molecule has 8 rings (SSSR count). The highest BCUT2D eigenvalue weighted by Crippen LogP contribution is 2.48. The van der Waals surface area contributed by atoms with E-state index >= 15 is 0 Å². The number of amides is 1. The lowest BCUT2D eigenvalue weighted by Gasteiger charge is -2.54. The number of para-hydroxylation sites is 1. The molecule has 4 aliphatic rings. The van der Waals surface area contributed by atoms with E-state index in [1.165, 1.54) is 11.3 Å². The normalized spacial score (nSPS) is 24.6. The number of non-ortho nitro benzene ring substituents is 1. The third-order valence-corrected chi connectivity index (χ3v) is 9.71. The second-order valence-corrected chi connectivity index (χ2v) is 11.8. The Kier molecular flexibility index (Phi) is 5.02. The SMILES string of the molecule is O=C([C@@H]1Cc2cc([N+](=O)[O-])ccc2N2C[C@@H]3C[C@@H](Cn4c3cccc4=O)[C@@H]12)N1CCc2[nH]c3ccccc3c2C1. The first-order valence-corrected chi connectivity index (χ1v) is 14.1. The van der Waals surface area contributed by atoms with Gasteiger partial charge in [0.05, 0.1) is 10.8 Å². The maximum Gasteiger partial charge on any atom is 0.269 e. The summed E-state index contributed by atoms with van der Waals surface area (Å²) in [6.07, 6.45) is 2.17. The zero-order valence-electron chi connectivity index (χ0n) is 22.0. The van der Waals surface area contributed by atoms with Crippen molar-refractivity contribution >= 4 is 28.2 Å². The molecule has 202 valence electrons. The number of nitro groups is 1. The van der Waals surface area contributed by atoms with Gasteiger partial charge in [-0.3, -0.25) is 19.7 Å². The minimum Gasteiger partial charge on any atom is -0.366 e. The van der Waals surface area contributed by atoms with Crippen molar-refractivity contribution in [3.8, 4) is 0 Å². The second kappa shape index (κ2) is 8.55. The van der Waals surface area contributed by atoms with Gasteiger partial charge in [0.1, 0.15) is 0 Å². The largest absolute Gasteiger partial charge is 0.366 e. The van der Waals surface area contributed by atoms with E-state index in [0.29, 0.717) is 32.6 Å². The van der Waals surface area contributed by atoms with Crippen molar-refractivity contribution in [2.45, 2.75) is 44.3 Å². The average Bonchev–Trinajstić information content (AvgIpc) is 3.34. The van der Waals surface area contributed by atoms with Crippen LogP contribution in [-0.4, -0.2) is 44.4 Å². The van der Waals surface area contributed by atoms with Crippen LogP contribution in [0.15, 0.2) is 65.5 Å². The number of benzene rings is 2. The quantitative estimate of drug-likeness (QED) is 0.309. The highest BCUT2D eigenvalue weighted by atomic mass is 16.6. The van der Waals surface area contributed by atoms with Gasteiger partial charge in [0.15, 0.2) is 0 Å². The molecule has 6 heterocycles. The van der Waals surface area contributed by atoms with Gasteiger partial charge in [-0.25, -0.2) is 0 Å². The van der Waals surface area contributed by atoms with Crippen LogP contribution in [0.4, 0.5) is 11.4 Å². The zero-order chi connectivity index (χ0) is 27.1. The molecular weight excluding hydrogens is 506 g/mol. The summed E-state index contributed by atoms with van der Waals surface area (Å²) >= 11 is 0. The molecule has 1 fully saturated rings. The Hall–Kier alpha value is -4.40. The average molecular weight is 536 g/mol. The van der Waals surface area contributed by atoms with Gasteiger partial charge in [-0.15, -0.1) is 0 Å². The third-order valence-electron chi connectivity index (χ3n) is 9.71. The van der Waals surface area contributed by atoms with E-state index in [4.69, 9.17) is 0 Å². The summed E-state index contributed by atoms with van der Waals surface area (Å²) < 4.78 is 1.90. The van der Waals surface area contributed by atoms with E-state index in [0.717, 1.165) is 40.7 Å². The highest BCUT2D eigenvalue weighted by Gasteiger charge is 2.50. The van der Waals surface area contributed by atoms with Gasteiger partial charge in [0, 0.05) is 96.3 Å². The fourth-order valence-electron chi connectivity index (χ4n) is 8.03. The molecule has 2 aromatic carbocycles. The van der Waals surface area contributed by atoms with Crippen molar-refractivity contribution in [2.24, 2.45) is 11.8 Å². The van der Waals surface area contributed by atoms with Gasteiger partial charge in [-0.05, 0) is 42.5 Å². The molecule has 4 atom stereocenters. The van der Waals surface area contributed by atoms with Gasteiger partial charge in [-0.2, -0.15) is 0 Å². The highest BCUT2D eigenvalue weighted by molar-refractivity contribution is 5.87. The molecule has 1 N–H and O–H groups in total. The molecule has 4 aliphatic heterocycles. The van der Waals surface area contributed by atoms with Crippen molar-refractivity contribution in [1.82, 2.24) is 14.5 Å². The summed E-state index contributed by atoms with van der Waals surface area (Å²) in [7, 11) is 0. The standard InChI is InChI=1S/C31H29N5O4/c37-29-7-3-6-27-19-12-20(16-34(27)29)30-23(14-18-13-21(36(39)40)8-9-28(18)35(30)15-19)31(38)33-11-10-26-24(17-33)22-4-1-2-5-25(22)32-26/h1-9,13,19-20,23,30,32H,10-12,14-17H2/t19-,20-,23+,30-/m0/s1. The fraction of sp³-hybridized carbons (Fsp3) is 0.355. The van der Waals surface area contributed by atoms with E-state index in [2.05, 4.69) is 22.0 Å². The number of aromatic nitrogens is 2. The number of fused-ring (bicyclic) bond motifs is 11. The van der Waals surface area contributed by atoms with Gasteiger partial charge in [0.2, 0.25) is 5.91 Å². The number of piperidine rings is 1. The van der Waals surface area contributed by atoms with E-state index in [1.807, 2.05) is 39.8 Å². The zero-order valence-corrected chi connectivity index (χ0v) is 22.0. The molecule has 0 saturated carbocycles. The predicted octanol–water partition coefficient (Wildman–Crippen LogP) is 3.99. The summed E-state index contributed by atoms with van der Waals surface area (Å²) in [6, 6.07) is 18.7. The van der Waals surface area contributed by atoms with Crippen LogP contribution in [0.3, 0.4) is 0 Å². The Bertz CT molecular complexity index is 1770. The van der Waals surface area contributed by atoms with Crippen LogP contribution in [0, 0.1) is 22.0 Å². The maximum atomic E-state index is 14.5. The number of nitro benzene ring substituents is 1. The number of anilines is 1. The molecule has 0 radical (unpaired) electrons. The van der Waals surface area contributed by atoms with Crippen LogP contribution >= 0.6 is 0 Å². The molecule has 4 aromatic rings. The Morgan fingerprint density at radius 2 is 1.93 bits per heavy atom. The van der Waals surface area contributed by atoms with Gasteiger partial charge >= 0.3 is 0 Å². The Labute approximate surface area is 230 Å². The van der Waals surface area contributed by atoms with Crippen LogP contribution in [0.25, 0.3) is 10.9 Å². The van der Waals surface area contributed by atoms with Crippen LogP contribution in [0.1, 0.15) is 34.9 Å². The molecule has 2 aromatic heterocycles. The number of hydrogen-bond acceptors (Lipinski definition) is 5. The Morgan fingerprint density at radius 3 is 2.80 bits per heavy atom. The first-order chi connectivity index (χ1) is 19.5. The molecule has 1 amide bonds. The first kappa shape index (κ1) is 23.5. The van der Waals surface area contributed by atoms with Gasteiger partial charge in [0.25, 0.3) is 11.2 Å². The Morgan fingerprint density at radius 1 is 1.05 bits per heavy atom. The lowest BCUT2D eigenvalue weighted by Crippen LogP contribution is -2.61. The predicted molar refractivity (Wildman–Crippen MR) is 150 cm³/mol. The number of rotatable bonds is 2. The van der Waals surface area contributed by atoms with Gasteiger partial charge in [-0.1, -0.05) is 24.3 Å². The third kappa shape index (κ3) is 3.39. The number of hydrogen-bond donors (Lipinski definition) is 1. The van der Waals surface area contributed by atoms with Crippen molar-refractivity contribution in [2.75, 3.05) is 18.0 Å². The Balaban J connectivity index is 1.20. The summed E-state index contributed by atoms with van der Waals surface area (Å²) in [5.74, 6) is 0.0718. The molecule has 9 heteroatoms. The summed E-state index contributed by atoms with van der Waals surface area (Å²) in [5.41, 5.74) is 6.43. The van der Waals surface area contributed by atoms with Gasteiger partial charge < -0.3 is 19.4 Å². The van der Waals surface area contributed by atoms with E-state index in [9.17, 15) is 19.7 Å². The minimum atomic E-state index is -0.361. The summed E-state index contributed by atoms with van der Waals surface area (Å²) in [5, 5.41) is 12.8. The minimum absolute atomic E-state index is 0.0123. The molecule has 0 unspecified atom stereocenters. The lowest BCUT2D eigenvalue weighted by atomic mass is 9.69. The van der Waals surface area contributed by atoms with Crippen molar-refractivity contribution in [3.63, 3.8) is 0 Å². The van der Waals surface area contributed by atoms with E-state index < -0.39 is 0 Å². The van der Waals surface area contributed by atoms with Crippen LogP contribution in [0.2, 0.25) is 0 Å². The molecule has 1 saturated heterocycles. The molecule has 0 aliphatic carbocycles. The summed E-state index contributed by atoms with van der Waals surface area (Å²) in [6.45, 7) is 2.47. The number of nitrogens with zero attached hydrogens (tertiary/aromatic N) is 4. The number of carbonyl (C=O) groups is 1. The number of aromatic amines is 1. The lowest BCUT2D eigenvalue weighted by molar-refractivity contribution is -0.384. The van der Waals surface area contributed by atoms with Crippen molar-refractivity contribution in [1.29, 1.82) is 0 Å². The fourth-order valence-corrected chi connectivity index (χ4v) is 8.03. The molecule has 2 bridgehead atoms. The van der Waals surface area contributed by atoms with E-state index in [-0.39, 0.29) is 45.9 Å². The van der Waals surface area contributed by atoms with Crippen LogP contribution in [0.5, 0.6) is 0 Å².